The van der Waals surface area contributed by atoms with Gasteiger partial charge in [-0.2, -0.15) is 0 Å². The second kappa shape index (κ2) is 5.71. The summed E-state index contributed by atoms with van der Waals surface area (Å²) in [7, 11) is 0. The van der Waals surface area contributed by atoms with E-state index >= 15 is 0 Å². The normalized spacial score (nSPS) is 17.7. The van der Waals surface area contributed by atoms with Crippen molar-refractivity contribution in [2.75, 3.05) is 13.1 Å². The van der Waals surface area contributed by atoms with E-state index in [2.05, 4.69) is 30.7 Å². The van der Waals surface area contributed by atoms with Crippen molar-refractivity contribution >= 4 is 17.1 Å². The molecule has 1 aliphatic heterocycles. The number of Topliss-reactive ketones (excluding diaryl/α,β-unsaturated/α-hetero) is 1. The molecule has 106 valence electrons. The minimum atomic E-state index is -0.353. The highest BCUT2D eigenvalue weighted by Crippen LogP contribution is 2.24. The fourth-order valence-corrected chi connectivity index (χ4v) is 3.53. The summed E-state index contributed by atoms with van der Waals surface area (Å²) in [6.07, 6.45) is 4.20. The number of carbonyl (C=O) groups excluding carboxylic acids is 1. The standard InChI is InChI=1S/C15H24N2OS/c1-11-12(2)19-14(16-11)10-13(18)15(3,4)17-8-6-5-7-9-17/h5-10H2,1-4H3. The van der Waals surface area contributed by atoms with Gasteiger partial charge in [-0.25, -0.2) is 4.98 Å². The Bertz CT molecular complexity index is 439. The lowest BCUT2D eigenvalue weighted by Gasteiger charge is -2.39. The van der Waals surface area contributed by atoms with E-state index in [1.807, 2.05) is 6.92 Å². The summed E-state index contributed by atoms with van der Waals surface area (Å²) >= 11 is 1.65. The van der Waals surface area contributed by atoms with Crippen molar-refractivity contribution in [3.63, 3.8) is 0 Å². The van der Waals surface area contributed by atoms with Crippen LogP contribution in [0.25, 0.3) is 0 Å². The van der Waals surface area contributed by atoms with E-state index in [-0.39, 0.29) is 5.54 Å². The van der Waals surface area contributed by atoms with Crippen LogP contribution in [0, 0.1) is 13.8 Å². The van der Waals surface area contributed by atoms with E-state index < -0.39 is 0 Å². The Balaban J connectivity index is 2.05. The van der Waals surface area contributed by atoms with Crippen LogP contribution in [0.4, 0.5) is 0 Å². The first kappa shape index (κ1) is 14.7. The number of carbonyl (C=O) groups is 1. The second-order valence-electron chi connectivity index (χ2n) is 5.96. The second-order valence-corrected chi connectivity index (χ2v) is 7.24. The zero-order valence-corrected chi connectivity index (χ0v) is 13.3. The largest absolute Gasteiger partial charge is 0.297 e. The molecule has 0 unspecified atom stereocenters. The molecule has 3 nitrogen and oxygen atoms in total. The van der Waals surface area contributed by atoms with Crippen molar-refractivity contribution < 1.29 is 4.79 Å². The summed E-state index contributed by atoms with van der Waals surface area (Å²) < 4.78 is 0. The van der Waals surface area contributed by atoms with Gasteiger partial charge in [-0.1, -0.05) is 6.42 Å². The van der Waals surface area contributed by atoms with Crippen molar-refractivity contribution in [3.8, 4) is 0 Å². The summed E-state index contributed by atoms with van der Waals surface area (Å²) in [5.74, 6) is 0.295. The van der Waals surface area contributed by atoms with Gasteiger partial charge in [0.2, 0.25) is 0 Å². The van der Waals surface area contributed by atoms with E-state index in [0.29, 0.717) is 12.2 Å². The zero-order valence-electron chi connectivity index (χ0n) is 12.5. The number of ketones is 1. The van der Waals surface area contributed by atoms with Gasteiger partial charge >= 0.3 is 0 Å². The topological polar surface area (TPSA) is 33.2 Å². The molecule has 1 aromatic heterocycles. The molecule has 1 aliphatic rings. The summed E-state index contributed by atoms with van der Waals surface area (Å²) in [6, 6.07) is 0. The van der Waals surface area contributed by atoms with Crippen molar-refractivity contribution in [3.05, 3.63) is 15.6 Å². The van der Waals surface area contributed by atoms with Gasteiger partial charge in [0.05, 0.1) is 17.7 Å². The Morgan fingerprint density at radius 2 is 1.89 bits per heavy atom. The van der Waals surface area contributed by atoms with E-state index in [4.69, 9.17) is 0 Å². The highest BCUT2D eigenvalue weighted by atomic mass is 32.1. The van der Waals surface area contributed by atoms with Gasteiger partial charge in [0.1, 0.15) is 5.01 Å². The number of likely N-dealkylation sites (tertiary alicyclic amines) is 1. The van der Waals surface area contributed by atoms with Crippen LogP contribution in [0.3, 0.4) is 0 Å². The molecule has 1 fully saturated rings. The molecule has 19 heavy (non-hydrogen) atoms. The van der Waals surface area contributed by atoms with Crippen LogP contribution in [0.1, 0.15) is 48.7 Å². The Morgan fingerprint density at radius 1 is 1.26 bits per heavy atom. The minimum Gasteiger partial charge on any atom is -0.297 e. The molecule has 0 aromatic carbocycles. The van der Waals surface area contributed by atoms with Gasteiger partial charge < -0.3 is 0 Å². The van der Waals surface area contributed by atoms with Crippen LogP contribution in [0.15, 0.2) is 0 Å². The molecule has 0 atom stereocenters. The predicted molar refractivity (Wildman–Crippen MR) is 79.8 cm³/mol. The molecule has 1 aromatic rings. The number of aryl methyl sites for hydroxylation is 2. The van der Waals surface area contributed by atoms with Crippen LogP contribution < -0.4 is 0 Å². The van der Waals surface area contributed by atoms with Crippen LogP contribution in [0.5, 0.6) is 0 Å². The van der Waals surface area contributed by atoms with Gasteiger partial charge in [0.15, 0.2) is 5.78 Å². The van der Waals surface area contributed by atoms with Crippen LogP contribution in [-0.4, -0.2) is 34.3 Å². The smallest absolute Gasteiger partial charge is 0.159 e. The fraction of sp³-hybridized carbons (Fsp3) is 0.733. The summed E-state index contributed by atoms with van der Waals surface area (Å²) in [4.78, 5) is 20.6. The molecule has 2 rings (SSSR count). The monoisotopic (exact) mass is 280 g/mol. The lowest BCUT2D eigenvalue weighted by molar-refractivity contribution is -0.129. The molecule has 0 radical (unpaired) electrons. The maximum Gasteiger partial charge on any atom is 0.159 e. The van der Waals surface area contributed by atoms with Crippen molar-refractivity contribution in [2.45, 2.75) is 58.9 Å². The lowest BCUT2D eigenvalue weighted by Crippen LogP contribution is -2.52. The molecule has 2 heterocycles. The third kappa shape index (κ3) is 3.23. The first-order valence-electron chi connectivity index (χ1n) is 7.12. The molecule has 0 N–H and O–H groups in total. The first-order valence-corrected chi connectivity index (χ1v) is 7.94. The number of rotatable bonds is 4. The third-order valence-corrected chi connectivity index (χ3v) is 5.29. The molecule has 0 aliphatic carbocycles. The molecule has 0 amide bonds. The van der Waals surface area contributed by atoms with Crippen LogP contribution in [-0.2, 0) is 11.2 Å². The average molecular weight is 280 g/mol. The van der Waals surface area contributed by atoms with Gasteiger partial charge in [-0.3, -0.25) is 9.69 Å². The van der Waals surface area contributed by atoms with E-state index in [9.17, 15) is 4.79 Å². The SMILES string of the molecule is Cc1nc(CC(=O)C(C)(C)N2CCCCC2)sc1C. The third-order valence-electron chi connectivity index (χ3n) is 4.21. The van der Waals surface area contributed by atoms with Gasteiger partial charge in [-0.05, 0) is 53.6 Å². The Labute approximate surface area is 120 Å². The Morgan fingerprint density at radius 3 is 2.42 bits per heavy atom. The molecular formula is C15H24N2OS. The van der Waals surface area contributed by atoms with E-state index in [0.717, 1.165) is 23.8 Å². The van der Waals surface area contributed by atoms with E-state index in [1.165, 1.54) is 24.1 Å². The number of hydrogen-bond donors (Lipinski definition) is 0. The number of hydrogen-bond acceptors (Lipinski definition) is 4. The predicted octanol–water partition coefficient (Wildman–Crippen LogP) is 3.14. The number of aromatic nitrogens is 1. The zero-order chi connectivity index (χ0) is 14.0. The Kier molecular flexibility index (Phi) is 4.41. The van der Waals surface area contributed by atoms with Crippen molar-refractivity contribution in [2.24, 2.45) is 0 Å². The minimum absolute atomic E-state index is 0.295. The van der Waals surface area contributed by atoms with Gasteiger partial charge in [-0.15, -0.1) is 11.3 Å². The lowest BCUT2D eigenvalue weighted by atomic mass is 9.92. The number of nitrogens with zero attached hydrogens (tertiary/aromatic N) is 2. The summed E-state index contributed by atoms with van der Waals surface area (Å²) in [5.41, 5.74) is 0.706. The molecule has 4 heteroatoms. The molecule has 0 saturated carbocycles. The highest BCUT2D eigenvalue weighted by Gasteiger charge is 2.35. The highest BCUT2D eigenvalue weighted by molar-refractivity contribution is 7.11. The van der Waals surface area contributed by atoms with Gasteiger partial charge in [0.25, 0.3) is 0 Å². The quantitative estimate of drug-likeness (QED) is 0.849. The van der Waals surface area contributed by atoms with Crippen LogP contribution in [0.2, 0.25) is 0 Å². The maximum atomic E-state index is 12.6. The van der Waals surface area contributed by atoms with E-state index in [1.54, 1.807) is 11.3 Å². The number of piperidine rings is 1. The molecule has 1 saturated heterocycles. The summed E-state index contributed by atoms with van der Waals surface area (Å²) in [5, 5.41) is 0.963. The summed E-state index contributed by atoms with van der Waals surface area (Å²) in [6.45, 7) is 10.3. The van der Waals surface area contributed by atoms with Crippen molar-refractivity contribution in [1.82, 2.24) is 9.88 Å². The molecular weight excluding hydrogens is 256 g/mol. The first-order chi connectivity index (χ1) is 8.91. The number of thiazole rings is 1. The van der Waals surface area contributed by atoms with Crippen molar-refractivity contribution in [1.29, 1.82) is 0 Å². The maximum absolute atomic E-state index is 12.6. The molecule has 0 bridgehead atoms. The molecule has 0 spiro atoms. The fourth-order valence-electron chi connectivity index (χ4n) is 2.60. The van der Waals surface area contributed by atoms with Gasteiger partial charge in [0, 0.05) is 4.88 Å². The Hall–Kier alpha value is -0.740. The average Bonchev–Trinajstić information content (AvgIpc) is 2.69. The van der Waals surface area contributed by atoms with Crippen LogP contribution >= 0.6 is 11.3 Å².